The zero-order valence-corrected chi connectivity index (χ0v) is 9.01. The molecule has 90 valence electrons. The first kappa shape index (κ1) is 14.2. The molecule has 2 atom stereocenters. The molecule has 0 aromatic carbocycles. The Hall–Kier alpha value is -0.850. The van der Waals surface area contributed by atoms with E-state index < -0.39 is 12.3 Å². The highest BCUT2D eigenvalue weighted by Gasteiger charge is 2.16. The van der Waals surface area contributed by atoms with Gasteiger partial charge in [0.15, 0.2) is 6.10 Å². The molecule has 0 aromatic rings. The number of hydrogen-bond donors (Lipinski definition) is 2. The first-order valence-corrected chi connectivity index (χ1v) is 4.75. The van der Waals surface area contributed by atoms with Gasteiger partial charge in [0.05, 0.1) is 33.0 Å². The van der Waals surface area contributed by atoms with Gasteiger partial charge in [-0.2, -0.15) is 0 Å². The summed E-state index contributed by atoms with van der Waals surface area (Å²) < 4.78 is 14.1. The Balaban J connectivity index is 3.83. The number of carbonyl (C=O) groups is 1. The number of aliphatic hydroxyl groups is 2. The van der Waals surface area contributed by atoms with Crippen molar-refractivity contribution < 1.29 is 29.2 Å². The molecule has 0 spiro atoms. The van der Waals surface area contributed by atoms with Gasteiger partial charge in [0.25, 0.3) is 0 Å². The van der Waals surface area contributed by atoms with Crippen LogP contribution in [0.2, 0.25) is 0 Å². The first-order valence-electron chi connectivity index (χ1n) is 4.75. The lowest BCUT2D eigenvalue weighted by molar-refractivity contribution is -0.0636. The van der Waals surface area contributed by atoms with E-state index >= 15 is 0 Å². The zero-order valence-electron chi connectivity index (χ0n) is 9.01. The van der Waals surface area contributed by atoms with E-state index in [1.54, 1.807) is 0 Å². The van der Waals surface area contributed by atoms with Crippen LogP contribution in [-0.4, -0.2) is 55.5 Å². The highest BCUT2D eigenvalue weighted by atomic mass is 16.7. The minimum atomic E-state index is -0.866. The molecule has 0 aromatic heterocycles. The molecular weight excluding hydrogens is 204 g/mol. The van der Waals surface area contributed by atoms with Crippen molar-refractivity contribution in [2.75, 3.05) is 26.9 Å². The molecule has 0 bridgehead atoms. The molecule has 0 heterocycles. The molecule has 6 nitrogen and oxygen atoms in total. The molecule has 0 rings (SSSR count). The summed E-state index contributed by atoms with van der Waals surface area (Å²) in [5, 5.41) is 17.7. The van der Waals surface area contributed by atoms with Crippen LogP contribution in [0.3, 0.4) is 0 Å². The first-order chi connectivity index (χ1) is 7.17. The predicted molar refractivity (Wildman–Crippen MR) is 51.5 cm³/mol. The summed E-state index contributed by atoms with van der Waals surface area (Å²) >= 11 is 0. The average Bonchev–Trinajstić information content (AvgIpc) is 2.28. The monoisotopic (exact) mass is 222 g/mol. The Morgan fingerprint density at radius 2 is 1.87 bits per heavy atom. The molecule has 6 heteroatoms. The van der Waals surface area contributed by atoms with Crippen molar-refractivity contribution in [1.82, 2.24) is 0 Å². The second-order valence-corrected chi connectivity index (χ2v) is 2.92. The summed E-state index contributed by atoms with van der Waals surface area (Å²) in [6, 6.07) is 0. The summed E-state index contributed by atoms with van der Waals surface area (Å²) in [5.41, 5.74) is 0. The molecule has 0 aliphatic rings. The molecule has 0 aliphatic heterocycles. The maximum Gasteiger partial charge on any atom is 0.508 e. The largest absolute Gasteiger partial charge is 0.508 e. The van der Waals surface area contributed by atoms with Crippen LogP contribution in [0.4, 0.5) is 4.79 Å². The molecule has 0 amide bonds. The molecular formula is C9H18O6. The fourth-order valence-electron chi connectivity index (χ4n) is 0.851. The second-order valence-electron chi connectivity index (χ2n) is 2.92. The molecule has 2 N–H and O–H groups in total. The van der Waals surface area contributed by atoms with Crippen molar-refractivity contribution in [1.29, 1.82) is 0 Å². The van der Waals surface area contributed by atoms with Gasteiger partial charge in [-0.25, -0.2) is 4.79 Å². The predicted octanol–water partition coefficient (Wildman–Crippen LogP) is -0.0822. The number of ether oxygens (including phenoxy) is 3. The Bertz CT molecular complexity index is 168. The maximum atomic E-state index is 10.7. The number of hydrogen-bond acceptors (Lipinski definition) is 6. The van der Waals surface area contributed by atoms with E-state index in [0.717, 1.165) is 0 Å². The lowest BCUT2D eigenvalue weighted by Gasteiger charge is -2.18. The third-order valence-electron chi connectivity index (χ3n) is 1.81. The fraction of sp³-hybridized carbons (Fsp3) is 0.889. The maximum absolute atomic E-state index is 10.7. The van der Waals surface area contributed by atoms with Crippen LogP contribution in [0.5, 0.6) is 0 Å². The molecule has 0 radical (unpaired) electrons. The van der Waals surface area contributed by atoms with Crippen LogP contribution < -0.4 is 0 Å². The van der Waals surface area contributed by atoms with Crippen molar-refractivity contribution in [3.05, 3.63) is 0 Å². The van der Waals surface area contributed by atoms with E-state index in [2.05, 4.69) is 9.47 Å². The number of aliphatic hydroxyl groups excluding tert-OH is 2. The quantitative estimate of drug-likeness (QED) is 0.586. The van der Waals surface area contributed by atoms with E-state index in [-0.39, 0.29) is 25.9 Å². The van der Waals surface area contributed by atoms with Crippen LogP contribution in [0.25, 0.3) is 0 Å². The van der Waals surface area contributed by atoms with Crippen LogP contribution >= 0.6 is 0 Å². The van der Waals surface area contributed by atoms with Crippen molar-refractivity contribution in [2.45, 2.75) is 25.6 Å². The lowest BCUT2D eigenvalue weighted by atomic mass is 10.3. The summed E-state index contributed by atoms with van der Waals surface area (Å²) in [6.07, 6.45) is -1.29. The summed E-state index contributed by atoms with van der Waals surface area (Å²) in [5.74, 6) is 0. The smallest absolute Gasteiger partial charge is 0.438 e. The molecule has 0 fully saturated rings. The summed E-state index contributed by atoms with van der Waals surface area (Å²) in [4.78, 5) is 10.7. The van der Waals surface area contributed by atoms with Gasteiger partial charge in [-0.05, 0) is 6.42 Å². The molecule has 15 heavy (non-hydrogen) atoms. The van der Waals surface area contributed by atoms with Gasteiger partial charge in [0.1, 0.15) is 0 Å². The van der Waals surface area contributed by atoms with Gasteiger partial charge in [-0.15, -0.1) is 0 Å². The van der Waals surface area contributed by atoms with Crippen LogP contribution in [0.1, 0.15) is 13.3 Å². The van der Waals surface area contributed by atoms with Crippen molar-refractivity contribution >= 4 is 6.16 Å². The van der Waals surface area contributed by atoms with Crippen LogP contribution in [-0.2, 0) is 14.2 Å². The standard InChI is InChI=1S/C9H18O6/c1-3-7(4-10)14-6-8(5-11)15-9(12)13-2/h7-8,10-11H,3-6H2,1-2H3. The SMILES string of the molecule is CCC(CO)OCC(CO)OC(=O)OC. The Morgan fingerprint density at radius 3 is 2.27 bits per heavy atom. The lowest BCUT2D eigenvalue weighted by Crippen LogP contribution is -2.30. The van der Waals surface area contributed by atoms with E-state index in [9.17, 15) is 4.79 Å². The topological polar surface area (TPSA) is 85.2 Å². The second kappa shape index (κ2) is 8.46. The van der Waals surface area contributed by atoms with E-state index in [4.69, 9.17) is 14.9 Å². The molecule has 0 aliphatic carbocycles. The molecule has 0 saturated carbocycles. The summed E-state index contributed by atoms with van der Waals surface area (Å²) in [7, 11) is 1.18. The van der Waals surface area contributed by atoms with Gasteiger partial charge >= 0.3 is 6.16 Å². The van der Waals surface area contributed by atoms with E-state index in [0.29, 0.717) is 6.42 Å². The van der Waals surface area contributed by atoms with Crippen molar-refractivity contribution in [3.8, 4) is 0 Å². The van der Waals surface area contributed by atoms with E-state index in [1.165, 1.54) is 7.11 Å². The van der Waals surface area contributed by atoms with Gasteiger partial charge in [0.2, 0.25) is 0 Å². The third kappa shape index (κ3) is 6.27. The summed E-state index contributed by atoms with van der Waals surface area (Å²) in [6.45, 7) is 1.44. The van der Waals surface area contributed by atoms with Crippen LogP contribution in [0, 0.1) is 0 Å². The van der Waals surface area contributed by atoms with Crippen LogP contribution in [0.15, 0.2) is 0 Å². The number of rotatable bonds is 7. The van der Waals surface area contributed by atoms with Gasteiger partial charge in [-0.1, -0.05) is 6.92 Å². The minimum Gasteiger partial charge on any atom is -0.438 e. The molecule has 2 unspecified atom stereocenters. The van der Waals surface area contributed by atoms with Gasteiger partial charge in [0, 0.05) is 0 Å². The van der Waals surface area contributed by atoms with E-state index in [1.807, 2.05) is 6.92 Å². The fourth-order valence-corrected chi connectivity index (χ4v) is 0.851. The number of carbonyl (C=O) groups excluding carboxylic acids is 1. The molecule has 0 saturated heterocycles. The van der Waals surface area contributed by atoms with Gasteiger partial charge < -0.3 is 24.4 Å². The van der Waals surface area contributed by atoms with Gasteiger partial charge in [-0.3, -0.25) is 0 Å². The Labute approximate surface area is 88.7 Å². The highest BCUT2D eigenvalue weighted by molar-refractivity contribution is 5.59. The Morgan fingerprint density at radius 1 is 1.27 bits per heavy atom. The highest BCUT2D eigenvalue weighted by Crippen LogP contribution is 2.01. The van der Waals surface area contributed by atoms with Crippen molar-refractivity contribution in [2.24, 2.45) is 0 Å². The van der Waals surface area contributed by atoms with Crippen molar-refractivity contribution in [3.63, 3.8) is 0 Å². The minimum absolute atomic E-state index is 0.0324. The Kier molecular flexibility index (Phi) is 7.98. The normalized spacial score (nSPS) is 14.4. The third-order valence-corrected chi connectivity index (χ3v) is 1.81. The average molecular weight is 222 g/mol. The zero-order chi connectivity index (χ0) is 11.7. The number of methoxy groups -OCH3 is 1.